The first-order valence-corrected chi connectivity index (χ1v) is 56.6. The quantitative estimate of drug-likeness (QED) is 0.0145. The average molecular weight is 1780 g/mol. The highest BCUT2D eigenvalue weighted by molar-refractivity contribution is 7.21. The highest BCUT2D eigenvalue weighted by Crippen LogP contribution is 2.50. The van der Waals surface area contributed by atoms with E-state index < -0.39 is 68.9 Å². The molecule has 0 saturated carbocycles. The maximum Gasteiger partial charge on any atom is 0.407 e. The van der Waals surface area contributed by atoms with E-state index in [9.17, 15) is 14.7 Å². The van der Waals surface area contributed by atoms with Crippen molar-refractivity contribution in [1.29, 1.82) is 0 Å². The molecule has 2 amide bonds. The summed E-state index contributed by atoms with van der Waals surface area (Å²) in [5.74, 6) is 3.57. The van der Waals surface area contributed by atoms with E-state index in [0.717, 1.165) is 105 Å². The zero-order valence-corrected chi connectivity index (χ0v) is 83.7. The number of methoxy groups -OCH3 is 4. The minimum absolute atomic E-state index is 0.0331. The number of morpholine rings is 2. The molecule has 0 unspecified atom stereocenters. The molecule has 2 aliphatic carbocycles. The summed E-state index contributed by atoms with van der Waals surface area (Å²) >= 11 is 6.34. The number of hydrogen-bond acceptors (Lipinski definition) is 16. The first-order chi connectivity index (χ1) is 58.1. The van der Waals surface area contributed by atoms with Crippen molar-refractivity contribution in [2.75, 3.05) is 94.3 Å². The monoisotopic (exact) mass is 1780 g/mol. The maximum atomic E-state index is 14.1. The predicted molar refractivity (Wildman–Crippen MR) is 509 cm³/mol. The Hall–Kier alpha value is -7.44. The van der Waals surface area contributed by atoms with Crippen molar-refractivity contribution in [2.24, 2.45) is 0 Å². The Kier molecular flexibility index (Phi) is 36.8. The lowest BCUT2D eigenvalue weighted by Gasteiger charge is -2.37. The Balaban J connectivity index is 0.000000279. The zero-order valence-electron chi connectivity index (χ0n) is 79.0. The molecule has 676 valence electrons. The molecule has 0 aromatic heterocycles. The van der Waals surface area contributed by atoms with Crippen molar-refractivity contribution in [2.45, 2.75) is 282 Å². The second-order valence-corrected chi connectivity index (χ2v) is 59.8. The number of halogens is 1. The van der Waals surface area contributed by atoms with E-state index in [2.05, 4.69) is 215 Å². The summed E-state index contributed by atoms with van der Waals surface area (Å²) < 4.78 is 68.7. The minimum atomic E-state index is -2.29. The topological polar surface area (TPSA) is 195 Å². The van der Waals surface area contributed by atoms with Gasteiger partial charge in [-0.25, -0.2) is 32.5 Å². The van der Waals surface area contributed by atoms with Crippen LogP contribution >= 0.6 is 11.1 Å². The van der Waals surface area contributed by atoms with Crippen molar-refractivity contribution >= 4 is 55.6 Å². The third-order valence-electron chi connectivity index (χ3n) is 27.2. The number of benzene rings is 6. The molecule has 2 saturated heterocycles. The van der Waals surface area contributed by atoms with E-state index in [1.807, 2.05) is 74.5 Å². The van der Waals surface area contributed by atoms with Gasteiger partial charge in [-0.15, -0.1) is 0 Å². The Morgan fingerprint density at radius 3 is 1.15 bits per heavy atom. The standard InChI is InChI=1S/C49H73N3O7Si2.C42H57N3O7Si.C7H17ClSi/c1-33(2)61(14,34(3)4)58-27-20-19-21-37-31-52(26-28-56-37)47(50-9)43(29-36-30-44(59-60(12,13)49(6,7)8)46(55-11)35(5)45(36)54-10)51-48(53)57-32-42-40-24-17-15-22-38(40)39-23-16-18-25-41(39)42;1-28-38(48-6)29(25-37(39(28)49-7)52-53(8,9)42(2,3)4)24-36(40(43-5)45-21-23-50-30(26-45)16-14-15-22-46)44-41(47)51-27-35-33-19-12-10-17-31(33)32-18-11-13-20-34(32)35;1-6(2)9(5,8)7(3)4/h15-18,22-25,30,33-34,37,42-43,47H,19-21,26-29,31-32H2,1-8,10-14H3,(H,51,53);10-13,17-20,25,30,35-36,40,46H,14-16,21-24,26-27H2,1-4,6-9H3,(H,44,47);6-7H,1-5H3/t37-,43-,47+;30-,36-,40+;/m00./s1. The molecule has 6 aromatic carbocycles. The van der Waals surface area contributed by atoms with Gasteiger partial charge in [-0.3, -0.25) is 9.69 Å². The number of unbranched alkanes of at least 4 members (excludes halogenated alkanes) is 2. The van der Waals surface area contributed by atoms with Gasteiger partial charge in [0, 0.05) is 86.3 Å². The molecule has 25 heteroatoms. The first-order valence-electron chi connectivity index (χ1n) is 44.6. The fourth-order valence-corrected chi connectivity index (χ4v) is 22.6. The van der Waals surface area contributed by atoms with Gasteiger partial charge in [0.1, 0.15) is 48.3 Å². The Labute approximate surface area is 746 Å². The maximum absolute atomic E-state index is 14.1. The van der Waals surface area contributed by atoms with Crippen molar-refractivity contribution in [3.05, 3.63) is 177 Å². The highest BCUT2D eigenvalue weighted by atomic mass is 35.6. The predicted octanol–water partition coefficient (Wildman–Crippen LogP) is 22.9. The van der Waals surface area contributed by atoms with Gasteiger partial charge in [0.2, 0.25) is 0 Å². The molecule has 10 rings (SSSR count). The number of nitrogens with zero attached hydrogens (tertiary/aromatic N) is 4. The summed E-state index contributed by atoms with van der Waals surface area (Å²) in [6, 6.07) is 35.7. The number of amides is 2. The molecule has 123 heavy (non-hydrogen) atoms. The van der Waals surface area contributed by atoms with Crippen LogP contribution in [0.15, 0.2) is 109 Å². The van der Waals surface area contributed by atoms with E-state index in [0.29, 0.717) is 109 Å². The SMILES string of the molecule is CC(C)[Si](C)(Cl)C(C)C.[C-]#[N+][C@@H]([C@H](Cc1cc(O[Si](C)(C)C(C)(C)C)c(OC)c(C)c1OC)NC(=O)OCC1c2ccccc2-c2ccccc21)N1CCO[C@@H](CCCCO)C1.[C-]#[N+][C@@H]([C@H](Cc1cc(O[Si](C)(C)C(C)(C)C)c(OC)c(C)c1OC)NC(=O)OCC1c2ccccc2-c2ccccc21)N1CCO[C@@H](CCCCO[Si](C)(C(C)C)C(C)C)C1. The van der Waals surface area contributed by atoms with Crippen LogP contribution in [0.2, 0.25) is 71.5 Å². The summed E-state index contributed by atoms with van der Waals surface area (Å²) in [5, 5.41) is 15.5. The van der Waals surface area contributed by atoms with E-state index in [1.54, 1.807) is 28.4 Å². The summed E-state index contributed by atoms with van der Waals surface area (Å²) in [6.45, 7) is 70.1. The second kappa shape index (κ2) is 44.8. The van der Waals surface area contributed by atoms with E-state index in [4.69, 9.17) is 75.4 Å². The van der Waals surface area contributed by atoms with E-state index in [1.165, 1.54) is 0 Å². The van der Waals surface area contributed by atoms with Crippen molar-refractivity contribution < 1.29 is 65.9 Å². The number of rotatable bonds is 36. The molecular formula is C98H147ClN6O14Si4. The molecule has 6 atom stereocenters. The number of hydrogen-bond donors (Lipinski definition) is 3. The Bertz CT molecular complexity index is 4430. The van der Waals surface area contributed by atoms with Crippen LogP contribution in [0.4, 0.5) is 9.59 Å². The van der Waals surface area contributed by atoms with Crippen molar-refractivity contribution in [3.8, 4) is 56.8 Å². The summed E-state index contributed by atoms with van der Waals surface area (Å²) in [7, 11) is -1.22. The second-order valence-electron chi connectivity index (χ2n) is 38.3. The molecular weight excluding hydrogens is 1630 g/mol. The van der Waals surface area contributed by atoms with Crippen LogP contribution in [0.3, 0.4) is 0 Å². The van der Waals surface area contributed by atoms with Gasteiger partial charge < -0.3 is 66.9 Å². The molecule has 2 aliphatic heterocycles. The van der Waals surface area contributed by atoms with Gasteiger partial charge in [-0.2, -0.15) is 11.1 Å². The van der Waals surface area contributed by atoms with E-state index in [-0.39, 0.29) is 60.4 Å². The average Bonchev–Trinajstić information content (AvgIpc) is 1.75. The molecule has 3 N–H and O–H groups in total. The van der Waals surface area contributed by atoms with Gasteiger partial charge in [-0.05, 0) is 174 Å². The molecule has 0 spiro atoms. The summed E-state index contributed by atoms with van der Waals surface area (Å²) in [4.78, 5) is 40.6. The normalized spacial score (nSPS) is 16.9. The number of carbonyl (C=O) groups is 2. The van der Waals surface area contributed by atoms with Crippen LogP contribution in [-0.2, 0) is 36.2 Å². The van der Waals surface area contributed by atoms with Gasteiger partial charge in [-0.1, -0.05) is 201 Å². The fraction of sp³-hybridized carbons (Fsp3) is 0.592. The lowest BCUT2D eigenvalue weighted by Crippen LogP contribution is -2.56. The van der Waals surface area contributed by atoms with Crippen LogP contribution in [0.1, 0.15) is 192 Å². The van der Waals surface area contributed by atoms with Crippen LogP contribution in [0.25, 0.3) is 31.9 Å². The zero-order chi connectivity index (χ0) is 90.7. The van der Waals surface area contributed by atoms with Gasteiger partial charge in [0.15, 0.2) is 27.2 Å². The lowest BCUT2D eigenvalue weighted by atomic mass is 9.98. The molecule has 20 nitrogen and oxygen atoms in total. The van der Waals surface area contributed by atoms with Gasteiger partial charge in [0.05, 0.1) is 53.9 Å². The number of aliphatic hydroxyl groups is 1. The van der Waals surface area contributed by atoms with Crippen molar-refractivity contribution in [1.82, 2.24) is 20.4 Å². The van der Waals surface area contributed by atoms with Crippen LogP contribution < -0.4 is 38.4 Å². The number of fused-ring (bicyclic) bond motifs is 6. The third kappa shape index (κ3) is 25.1. The molecule has 4 aliphatic rings. The van der Waals surface area contributed by atoms with Crippen LogP contribution in [0, 0.1) is 27.0 Å². The third-order valence-corrected chi connectivity index (χ3v) is 48.5. The van der Waals surface area contributed by atoms with Gasteiger partial charge in [0.25, 0.3) is 29.0 Å². The summed E-state index contributed by atoms with van der Waals surface area (Å²) in [5.41, 5.74) is 14.9. The lowest BCUT2D eigenvalue weighted by molar-refractivity contribution is -0.0461. The smallest absolute Gasteiger partial charge is 0.407 e. The minimum Gasteiger partial charge on any atom is -0.541 e. The number of aliphatic hydroxyl groups excluding tert-OH is 1. The molecule has 2 fully saturated rings. The molecule has 2 heterocycles. The van der Waals surface area contributed by atoms with Crippen LogP contribution in [-0.4, -0.2) is 190 Å². The number of alkyl carbamates (subject to hydrolysis) is 2. The fourth-order valence-electron chi connectivity index (χ4n) is 16.6. The van der Waals surface area contributed by atoms with E-state index >= 15 is 0 Å². The van der Waals surface area contributed by atoms with Crippen molar-refractivity contribution in [3.63, 3.8) is 0 Å². The molecule has 0 radical (unpaired) electrons. The largest absolute Gasteiger partial charge is 0.541 e. The molecule has 0 bridgehead atoms. The highest BCUT2D eigenvalue weighted by Gasteiger charge is 2.46. The number of ether oxygens (including phenoxy) is 8. The van der Waals surface area contributed by atoms with Gasteiger partial charge >= 0.3 is 12.2 Å². The number of carbonyl (C=O) groups excluding carboxylic acids is 2. The Morgan fingerprint density at radius 1 is 0.520 bits per heavy atom. The Morgan fingerprint density at radius 2 is 0.854 bits per heavy atom. The first kappa shape index (κ1) is 101. The number of nitrogens with one attached hydrogen (secondary N) is 2. The van der Waals surface area contributed by atoms with Crippen LogP contribution in [0.5, 0.6) is 34.5 Å². The molecule has 6 aromatic rings. The summed E-state index contributed by atoms with van der Waals surface area (Å²) in [6.07, 6.45) is 3.05.